The Hall–Kier alpha value is -4.09. The molecule has 0 bridgehead atoms. The summed E-state index contributed by atoms with van der Waals surface area (Å²) in [7, 11) is 0. The Morgan fingerprint density at radius 1 is 1.19 bits per heavy atom. The summed E-state index contributed by atoms with van der Waals surface area (Å²) in [5.41, 5.74) is 1.87. The molecule has 1 aromatic carbocycles. The van der Waals surface area contributed by atoms with Gasteiger partial charge in [-0.2, -0.15) is 8.78 Å². The molecule has 2 N–H and O–H groups in total. The molecule has 1 aromatic heterocycles. The zero-order valence-electron chi connectivity index (χ0n) is 24.0. The van der Waals surface area contributed by atoms with Crippen molar-refractivity contribution in [2.45, 2.75) is 69.4 Å². The number of benzene rings is 1. The highest BCUT2D eigenvalue weighted by Crippen LogP contribution is 2.40. The Morgan fingerprint density at radius 3 is 2.72 bits per heavy atom. The summed E-state index contributed by atoms with van der Waals surface area (Å²) >= 11 is 0. The number of esters is 1. The van der Waals surface area contributed by atoms with Crippen molar-refractivity contribution in [3.8, 4) is 5.75 Å². The van der Waals surface area contributed by atoms with Crippen LogP contribution in [0.2, 0.25) is 0 Å². The van der Waals surface area contributed by atoms with Crippen LogP contribution in [0.3, 0.4) is 0 Å². The van der Waals surface area contributed by atoms with Crippen molar-refractivity contribution >= 4 is 23.7 Å². The smallest absolute Gasteiger partial charge is 0.321 e. The van der Waals surface area contributed by atoms with Gasteiger partial charge in [0, 0.05) is 38.7 Å². The van der Waals surface area contributed by atoms with E-state index in [1.807, 2.05) is 18.2 Å². The van der Waals surface area contributed by atoms with Gasteiger partial charge < -0.3 is 25.0 Å². The van der Waals surface area contributed by atoms with Crippen molar-refractivity contribution in [1.82, 2.24) is 20.5 Å². The number of nitrogens with zero attached hydrogens (tertiary/aromatic N) is 2. The lowest BCUT2D eigenvalue weighted by molar-refractivity contribution is -0.144. The second kappa shape index (κ2) is 13.0. The predicted octanol–water partition coefficient (Wildman–Crippen LogP) is 3.52. The zero-order valence-corrected chi connectivity index (χ0v) is 24.0. The monoisotopic (exact) mass is 598 g/mol. The first-order chi connectivity index (χ1) is 20.6. The molecule has 1 aliphatic carbocycles. The molecule has 230 valence electrons. The van der Waals surface area contributed by atoms with E-state index in [-0.39, 0.29) is 55.4 Å². The first kappa shape index (κ1) is 30.4. The van der Waals surface area contributed by atoms with E-state index in [9.17, 15) is 28.0 Å². The van der Waals surface area contributed by atoms with Crippen LogP contribution in [0.5, 0.6) is 5.75 Å². The van der Waals surface area contributed by atoms with E-state index < -0.39 is 29.7 Å². The largest absolute Gasteiger partial charge is 0.491 e. The highest BCUT2D eigenvalue weighted by molar-refractivity contribution is 5.95. The third-order valence-corrected chi connectivity index (χ3v) is 7.99. The number of likely N-dealkylation sites (tertiary alicyclic amines) is 1. The molecular weight excluding hydrogens is 562 g/mol. The average molecular weight is 599 g/mol. The highest BCUT2D eigenvalue weighted by Gasteiger charge is 2.36. The number of rotatable bonds is 11. The maximum absolute atomic E-state index is 13.8. The lowest BCUT2D eigenvalue weighted by Crippen LogP contribution is -2.51. The Kier molecular flexibility index (Phi) is 9.22. The van der Waals surface area contributed by atoms with E-state index >= 15 is 0 Å². The van der Waals surface area contributed by atoms with Gasteiger partial charge in [-0.05, 0) is 54.9 Å². The summed E-state index contributed by atoms with van der Waals surface area (Å²) in [6.45, 7) is 1.51. The van der Waals surface area contributed by atoms with Gasteiger partial charge in [-0.3, -0.25) is 19.2 Å². The normalized spacial score (nSPS) is 21.1. The molecule has 43 heavy (non-hydrogen) atoms. The van der Waals surface area contributed by atoms with Gasteiger partial charge in [-0.15, -0.1) is 0 Å². The van der Waals surface area contributed by atoms with E-state index in [0.717, 1.165) is 18.4 Å². The minimum atomic E-state index is -3.54. The van der Waals surface area contributed by atoms with E-state index in [4.69, 9.17) is 9.47 Å². The van der Waals surface area contributed by atoms with Crippen molar-refractivity contribution < 1.29 is 37.4 Å². The molecule has 10 nitrogen and oxygen atoms in total. The van der Waals surface area contributed by atoms with Gasteiger partial charge in [-0.1, -0.05) is 24.3 Å². The van der Waals surface area contributed by atoms with Crippen LogP contribution < -0.4 is 15.4 Å². The standard InChI is InChI=1S/C31H36F2N4O6/c1-31(32,33)30(41)36-24(21-6-2-5-20(15-21)19-9-10-19)11-14-42-25-8-3-12-34-27(25)28(39)35-23-7-4-13-37(17-23)29(40)22-16-26(38)43-18-22/h2-3,5-6,8,12,15,19,22-24H,4,7,9-11,13-14,16-18H2,1H3,(H,35,39)(H,36,41)/t22-,23+,24?/m1/s1. The van der Waals surface area contributed by atoms with Crippen molar-refractivity contribution in [3.63, 3.8) is 0 Å². The quantitative estimate of drug-likeness (QED) is 0.379. The van der Waals surface area contributed by atoms with Crippen LogP contribution in [0.4, 0.5) is 8.78 Å². The zero-order chi connectivity index (χ0) is 30.6. The van der Waals surface area contributed by atoms with Gasteiger partial charge in [0.25, 0.3) is 11.8 Å². The van der Waals surface area contributed by atoms with Crippen LogP contribution in [0.15, 0.2) is 42.6 Å². The van der Waals surface area contributed by atoms with E-state index in [0.29, 0.717) is 44.3 Å². The maximum Gasteiger partial charge on any atom is 0.321 e. The molecule has 3 atom stereocenters. The van der Waals surface area contributed by atoms with E-state index in [2.05, 4.69) is 15.6 Å². The minimum absolute atomic E-state index is 0.0216. The third-order valence-electron chi connectivity index (χ3n) is 7.99. The summed E-state index contributed by atoms with van der Waals surface area (Å²) in [5, 5.41) is 5.39. The number of aromatic nitrogens is 1. The van der Waals surface area contributed by atoms with Gasteiger partial charge in [-0.25, -0.2) is 4.98 Å². The Morgan fingerprint density at radius 2 is 2.00 bits per heavy atom. The molecule has 0 radical (unpaired) electrons. The van der Waals surface area contributed by atoms with Gasteiger partial charge in [0.15, 0.2) is 11.4 Å². The number of pyridine rings is 1. The summed E-state index contributed by atoms with van der Waals surface area (Å²) in [4.78, 5) is 55.5. The van der Waals surface area contributed by atoms with Crippen molar-refractivity contribution in [3.05, 3.63) is 59.4 Å². The number of alkyl halides is 2. The SMILES string of the molecule is CC(F)(F)C(=O)NC(CCOc1cccnc1C(=O)N[C@H]1CCCN(C(=O)[C@H]2COC(=O)C2)C1)c1cccc(C2CC2)c1. The molecule has 2 aromatic rings. The number of piperidine rings is 1. The number of hydrogen-bond donors (Lipinski definition) is 2. The fourth-order valence-corrected chi connectivity index (χ4v) is 5.50. The van der Waals surface area contributed by atoms with Gasteiger partial charge in [0.2, 0.25) is 5.91 Å². The van der Waals surface area contributed by atoms with Crippen LogP contribution >= 0.6 is 0 Å². The van der Waals surface area contributed by atoms with Crippen LogP contribution in [0.1, 0.15) is 79.0 Å². The number of nitrogens with one attached hydrogen (secondary N) is 2. The second-order valence-electron chi connectivity index (χ2n) is 11.5. The van der Waals surface area contributed by atoms with Crippen LogP contribution in [-0.4, -0.2) is 71.8 Å². The van der Waals surface area contributed by atoms with E-state index in [1.165, 1.54) is 6.20 Å². The summed E-state index contributed by atoms with van der Waals surface area (Å²) in [6.07, 6.45) is 5.22. The Bertz CT molecular complexity index is 1360. The van der Waals surface area contributed by atoms with Crippen molar-refractivity contribution in [2.75, 3.05) is 26.3 Å². The molecule has 1 saturated carbocycles. The Labute approximate surface area is 248 Å². The topological polar surface area (TPSA) is 127 Å². The van der Waals surface area contributed by atoms with Gasteiger partial charge >= 0.3 is 11.9 Å². The number of cyclic esters (lactones) is 1. The van der Waals surface area contributed by atoms with Crippen molar-refractivity contribution in [1.29, 1.82) is 0 Å². The fourth-order valence-electron chi connectivity index (χ4n) is 5.50. The molecule has 3 amide bonds. The average Bonchev–Trinajstić information content (AvgIpc) is 3.76. The summed E-state index contributed by atoms with van der Waals surface area (Å²) in [5.74, 6) is -5.75. The van der Waals surface area contributed by atoms with E-state index in [1.54, 1.807) is 23.1 Å². The molecule has 0 spiro atoms. The summed E-state index contributed by atoms with van der Waals surface area (Å²) in [6, 6.07) is 9.77. The first-order valence-electron chi connectivity index (χ1n) is 14.7. The molecule has 2 aliphatic heterocycles. The molecule has 1 unspecified atom stereocenters. The molecule has 3 aliphatic rings. The van der Waals surface area contributed by atoms with Crippen LogP contribution in [0, 0.1) is 5.92 Å². The number of ether oxygens (including phenoxy) is 2. The Balaban J connectivity index is 1.21. The molecule has 3 heterocycles. The third kappa shape index (κ3) is 7.85. The second-order valence-corrected chi connectivity index (χ2v) is 11.5. The van der Waals surface area contributed by atoms with Crippen LogP contribution in [-0.2, 0) is 19.1 Å². The van der Waals surface area contributed by atoms with Crippen molar-refractivity contribution in [2.24, 2.45) is 5.92 Å². The molecule has 3 fully saturated rings. The minimum Gasteiger partial charge on any atom is -0.491 e. The highest BCUT2D eigenvalue weighted by atomic mass is 19.3. The molecule has 2 saturated heterocycles. The van der Waals surface area contributed by atoms with Gasteiger partial charge in [0.05, 0.1) is 25.0 Å². The lowest BCUT2D eigenvalue weighted by atomic mass is 9.99. The molecule has 12 heteroatoms. The number of amides is 3. The lowest BCUT2D eigenvalue weighted by Gasteiger charge is -2.34. The number of carbonyl (C=O) groups is 4. The number of carbonyl (C=O) groups excluding carboxylic acids is 4. The number of hydrogen-bond acceptors (Lipinski definition) is 7. The molecular formula is C31H36F2N4O6. The first-order valence-corrected chi connectivity index (χ1v) is 14.7. The maximum atomic E-state index is 13.8. The molecule has 5 rings (SSSR count). The summed E-state index contributed by atoms with van der Waals surface area (Å²) < 4.78 is 38.4. The van der Waals surface area contributed by atoms with Gasteiger partial charge in [0.1, 0.15) is 6.61 Å². The number of halogens is 2. The fraction of sp³-hybridized carbons (Fsp3) is 0.516. The predicted molar refractivity (Wildman–Crippen MR) is 150 cm³/mol. The van der Waals surface area contributed by atoms with Crippen LogP contribution in [0.25, 0.3) is 0 Å².